The highest BCUT2D eigenvalue weighted by atomic mass is 79.9. The lowest BCUT2D eigenvalue weighted by molar-refractivity contribution is 0.0734. The molecule has 1 fully saturated rings. The van der Waals surface area contributed by atoms with Gasteiger partial charge in [-0.25, -0.2) is 13.2 Å². The van der Waals surface area contributed by atoms with E-state index in [-0.39, 0.29) is 22.1 Å². The molecule has 1 amide bonds. The molecule has 0 aromatic heterocycles. The highest BCUT2D eigenvalue weighted by Gasteiger charge is 2.29. The molecule has 188 valence electrons. The zero-order chi connectivity index (χ0) is 25.7. The predicted octanol–water partition coefficient (Wildman–Crippen LogP) is 5.10. The molecular weight excluding hydrogens is 548 g/mol. The average molecular weight is 573 g/mol. The van der Waals surface area contributed by atoms with Crippen LogP contribution in [0.4, 0.5) is 5.69 Å². The molecule has 0 spiro atoms. The fraction of sp³-hybridized carbons (Fsp3) is 0.231. The number of ether oxygens (including phenoxy) is 2. The van der Waals surface area contributed by atoms with Gasteiger partial charge in [0, 0.05) is 34.9 Å². The van der Waals surface area contributed by atoms with Crippen molar-refractivity contribution in [2.24, 2.45) is 0 Å². The van der Waals surface area contributed by atoms with Crippen molar-refractivity contribution < 1.29 is 27.5 Å². The summed E-state index contributed by atoms with van der Waals surface area (Å²) >= 11 is 3.30. The summed E-state index contributed by atoms with van der Waals surface area (Å²) < 4.78 is 38.7. The van der Waals surface area contributed by atoms with Crippen LogP contribution in [0, 0.1) is 0 Å². The SMILES string of the molecule is COc1cccc(C(=O)Nc2cccc(OC(=O)c3ccc(Br)c(S(=O)(=O)N4CCCCC4)c3)c2)c1. The number of sulfonamides is 1. The molecule has 0 atom stereocenters. The van der Waals surface area contributed by atoms with Gasteiger partial charge in [-0.05, 0) is 77.3 Å². The van der Waals surface area contributed by atoms with Gasteiger partial charge in [-0.15, -0.1) is 0 Å². The van der Waals surface area contributed by atoms with Crippen LogP contribution in [0.25, 0.3) is 0 Å². The number of nitrogens with one attached hydrogen (secondary N) is 1. The molecule has 4 rings (SSSR count). The van der Waals surface area contributed by atoms with E-state index in [2.05, 4.69) is 21.2 Å². The standard InChI is InChI=1S/C26H25BrN2O6S/c1-34-21-9-5-7-18(15-21)25(30)28-20-8-6-10-22(17-20)35-26(31)19-11-12-23(27)24(16-19)36(32,33)29-13-3-2-4-14-29/h5-12,15-17H,2-4,13-14H2,1H3,(H,28,30). The molecule has 0 bridgehead atoms. The van der Waals surface area contributed by atoms with Crippen molar-refractivity contribution in [2.75, 3.05) is 25.5 Å². The number of carbonyl (C=O) groups is 2. The third-order valence-electron chi connectivity index (χ3n) is 5.73. The second kappa shape index (κ2) is 11.2. The molecule has 1 heterocycles. The van der Waals surface area contributed by atoms with Crippen molar-refractivity contribution >= 4 is 43.5 Å². The van der Waals surface area contributed by atoms with Crippen molar-refractivity contribution in [1.82, 2.24) is 4.31 Å². The normalized spacial score (nSPS) is 14.2. The van der Waals surface area contributed by atoms with Crippen molar-refractivity contribution in [3.63, 3.8) is 0 Å². The number of anilines is 1. The first-order chi connectivity index (χ1) is 17.3. The molecule has 1 aliphatic heterocycles. The smallest absolute Gasteiger partial charge is 0.343 e. The second-order valence-corrected chi connectivity index (χ2v) is 11.0. The van der Waals surface area contributed by atoms with Crippen LogP contribution in [0.1, 0.15) is 40.0 Å². The van der Waals surface area contributed by atoms with E-state index >= 15 is 0 Å². The Hall–Kier alpha value is -3.21. The molecule has 1 saturated heterocycles. The minimum Gasteiger partial charge on any atom is -0.497 e. The molecule has 10 heteroatoms. The minimum absolute atomic E-state index is 0.0261. The maximum absolute atomic E-state index is 13.1. The highest BCUT2D eigenvalue weighted by molar-refractivity contribution is 9.10. The van der Waals surface area contributed by atoms with Crippen molar-refractivity contribution in [3.05, 3.63) is 82.3 Å². The molecule has 36 heavy (non-hydrogen) atoms. The second-order valence-electron chi connectivity index (χ2n) is 8.21. The summed E-state index contributed by atoms with van der Waals surface area (Å²) in [6, 6.07) is 17.5. The lowest BCUT2D eigenvalue weighted by atomic mass is 10.2. The maximum atomic E-state index is 13.1. The molecule has 0 saturated carbocycles. The molecule has 8 nitrogen and oxygen atoms in total. The van der Waals surface area contributed by atoms with Crippen molar-refractivity contribution in [2.45, 2.75) is 24.2 Å². The van der Waals surface area contributed by atoms with E-state index in [1.165, 1.54) is 35.7 Å². The Kier molecular flexibility index (Phi) is 8.07. The summed E-state index contributed by atoms with van der Waals surface area (Å²) in [5.41, 5.74) is 0.936. The van der Waals surface area contributed by atoms with Gasteiger partial charge in [0.1, 0.15) is 11.5 Å². The molecule has 0 unspecified atom stereocenters. The monoisotopic (exact) mass is 572 g/mol. The van der Waals surface area contributed by atoms with Crippen molar-refractivity contribution in [1.29, 1.82) is 0 Å². The summed E-state index contributed by atoms with van der Waals surface area (Å²) in [7, 11) is -2.23. The Balaban J connectivity index is 1.49. The number of halogens is 1. The van der Waals surface area contributed by atoms with Gasteiger partial charge in [0.2, 0.25) is 10.0 Å². The van der Waals surface area contributed by atoms with Gasteiger partial charge in [0.05, 0.1) is 17.6 Å². The number of hydrogen-bond acceptors (Lipinski definition) is 6. The maximum Gasteiger partial charge on any atom is 0.343 e. The first kappa shape index (κ1) is 25.9. The zero-order valence-electron chi connectivity index (χ0n) is 19.6. The number of piperidine rings is 1. The van der Waals surface area contributed by atoms with Crippen LogP contribution in [-0.2, 0) is 10.0 Å². The van der Waals surface area contributed by atoms with Crippen LogP contribution in [0.3, 0.4) is 0 Å². The largest absolute Gasteiger partial charge is 0.497 e. The predicted molar refractivity (Wildman–Crippen MR) is 139 cm³/mol. The van der Waals surface area contributed by atoms with Crippen LogP contribution < -0.4 is 14.8 Å². The number of methoxy groups -OCH3 is 1. The quantitative estimate of drug-likeness (QED) is 0.312. The molecule has 3 aromatic carbocycles. The molecule has 3 aromatic rings. The van der Waals surface area contributed by atoms with E-state index in [4.69, 9.17) is 9.47 Å². The number of rotatable bonds is 7. The van der Waals surface area contributed by atoms with Crippen LogP contribution in [-0.4, -0.2) is 44.8 Å². The van der Waals surface area contributed by atoms with E-state index < -0.39 is 16.0 Å². The molecule has 1 N–H and O–H groups in total. The third-order valence-corrected chi connectivity index (χ3v) is 8.63. The first-order valence-electron chi connectivity index (χ1n) is 11.4. The fourth-order valence-corrected chi connectivity index (χ4v) is 6.31. The topological polar surface area (TPSA) is 102 Å². The fourth-order valence-electron chi connectivity index (χ4n) is 3.84. The average Bonchev–Trinajstić information content (AvgIpc) is 2.89. The molecule has 1 aliphatic rings. The number of nitrogens with zero attached hydrogens (tertiary/aromatic N) is 1. The Labute approximate surface area is 218 Å². The number of benzene rings is 3. The van der Waals surface area contributed by atoms with Crippen LogP contribution in [0.15, 0.2) is 76.1 Å². The van der Waals surface area contributed by atoms with E-state index in [1.807, 2.05) is 0 Å². The summed E-state index contributed by atoms with van der Waals surface area (Å²) in [6.07, 6.45) is 2.62. The molecular formula is C26H25BrN2O6S. The highest BCUT2D eigenvalue weighted by Crippen LogP contribution is 2.29. The van der Waals surface area contributed by atoms with Crippen LogP contribution in [0.2, 0.25) is 0 Å². The molecule has 0 radical (unpaired) electrons. The van der Waals surface area contributed by atoms with E-state index in [0.717, 1.165) is 19.3 Å². The number of esters is 1. The Morgan fingerprint density at radius 1 is 0.889 bits per heavy atom. The number of carbonyl (C=O) groups excluding carboxylic acids is 2. The van der Waals surface area contributed by atoms with Gasteiger partial charge in [0.25, 0.3) is 5.91 Å². The minimum atomic E-state index is -3.75. The Morgan fingerprint density at radius 2 is 1.61 bits per heavy atom. The summed E-state index contributed by atoms with van der Waals surface area (Å²) in [4.78, 5) is 25.5. The summed E-state index contributed by atoms with van der Waals surface area (Å²) in [5, 5.41) is 2.76. The third kappa shape index (κ3) is 5.95. The van der Waals surface area contributed by atoms with Gasteiger partial charge in [0.15, 0.2) is 0 Å². The number of amides is 1. The lowest BCUT2D eigenvalue weighted by Gasteiger charge is -2.26. The van der Waals surface area contributed by atoms with Crippen molar-refractivity contribution in [3.8, 4) is 11.5 Å². The van der Waals surface area contributed by atoms with E-state index in [1.54, 1.807) is 42.5 Å². The van der Waals surface area contributed by atoms with Gasteiger partial charge in [-0.3, -0.25) is 4.79 Å². The number of hydrogen-bond donors (Lipinski definition) is 1. The van der Waals surface area contributed by atoms with Gasteiger partial charge >= 0.3 is 5.97 Å². The lowest BCUT2D eigenvalue weighted by Crippen LogP contribution is -2.35. The van der Waals surface area contributed by atoms with Gasteiger partial charge in [-0.1, -0.05) is 18.6 Å². The van der Waals surface area contributed by atoms with Gasteiger partial charge in [-0.2, -0.15) is 4.31 Å². The summed E-state index contributed by atoms with van der Waals surface area (Å²) in [5.74, 6) is -0.306. The Morgan fingerprint density at radius 3 is 2.36 bits per heavy atom. The summed E-state index contributed by atoms with van der Waals surface area (Å²) in [6.45, 7) is 0.912. The van der Waals surface area contributed by atoms with E-state index in [0.29, 0.717) is 34.6 Å². The molecule has 0 aliphatic carbocycles. The van der Waals surface area contributed by atoms with Crippen LogP contribution in [0.5, 0.6) is 11.5 Å². The first-order valence-corrected chi connectivity index (χ1v) is 13.6. The Bertz CT molecular complexity index is 1390. The van der Waals surface area contributed by atoms with Crippen LogP contribution >= 0.6 is 15.9 Å². The van der Waals surface area contributed by atoms with E-state index in [9.17, 15) is 18.0 Å². The zero-order valence-corrected chi connectivity index (χ0v) is 22.0. The van der Waals surface area contributed by atoms with Gasteiger partial charge < -0.3 is 14.8 Å².